The van der Waals surface area contributed by atoms with E-state index in [2.05, 4.69) is 27.3 Å². The van der Waals surface area contributed by atoms with Crippen LogP contribution in [0.1, 0.15) is 55.6 Å². The lowest BCUT2D eigenvalue weighted by atomic mass is 10.1. The molecule has 28 heavy (non-hydrogen) atoms. The number of unbranched alkanes of at least 4 members (excludes halogenated alkanes) is 1. The lowest BCUT2D eigenvalue weighted by Gasteiger charge is -2.16. The van der Waals surface area contributed by atoms with Gasteiger partial charge in [-0.25, -0.2) is 4.79 Å². The van der Waals surface area contributed by atoms with Crippen LogP contribution in [0.25, 0.3) is 0 Å². The van der Waals surface area contributed by atoms with Crippen molar-refractivity contribution in [2.75, 3.05) is 13.1 Å². The van der Waals surface area contributed by atoms with Gasteiger partial charge in [-0.05, 0) is 30.9 Å². The summed E-state index contributed by atoms with van der Waals surface area (Å²) in [7, 11) is 0. The molecule has 9 nitrogen and oxygen atoms in total. The predicted molar refractivity (Wildman–Crippen MR) is 102 cm³/mol. The fourth-order valence-corrected chi connectivity index (χ4v) is 2.40. The fourth-order valence-electron chi connectivity index (χ4n) is 2.40. The van der Waals surface area contributed by atoms with Crippen LogP contribution < -0.4 is 16.4 Å². The SMILES string of the molecule is CCCCc1ccc(C(=O)NCCN[C@@H](CCC(N)=O)C(=O)OC(C)=O)nc1. The van der Waals surface area contributed by atoms with Crippen LogP contribution in [0.5, 0.6) is 0 Å². The Hall–Kier alpha value is -2.81. The number of aromatic nitrogens is 1. The third-order valence-corrected chi connectivity index (χ3v) is 3.89. The highest BCUT2D eigenvalue weighted by Crippen LogP contribution is 2.05. The molecule has 0 aromatic carbocycles. The minimum atomic E-state index is -0.871. The first-order chi connectivity index (χ1) is 13.3. The topological polar surface area (TPSA) is 140 Å². The van der Waals surface area contributed by atoms with E-state index >= 15 is 0 Å². The average molecular weight is 392 g/mol. The summed E-state index contributed by atoms with van der Waals surface area (Å²) < 4.78 is 4.54. The van der Waals surface area contributed by atoms with Gasteiger partial charge in [-0.3, -0.25) is 19.4 Å². The number of esters is 2. The van der Waals surface area contributed by atoms with Crippen LogP contribution in [0.3, 0.4) is 0 Å². The van der Waals surface area contributed by atoms with Crippen LogP contribution in [0.4, 0.5) is 0 Å². The summed E-state index contributed by atoms with van der Waals surface area (Å²) in [5.74, 6) is -2.42. The van der Waals surface area contributed by atoms with Crippen molar-refractivity contribution in [3.05, 3.63) is 29.6 Å². The zero-order valence-corrected chi connectivity index (χ0v) is 16.3. The molecule has 1 atom stereocenters. The van der Waals surface area contributed by atoms with E-state index in [0.29, 0.717) is 5.69 Å². The standard InChI is InChI=1S/C19H28N4O5/c1-3-4-5-14-6-7-15(23-12-14)18(26)22-11-10-21-16(8-9-17(20)25)19(27)28-13(2)24/h6-7,12,16,21H,3-5,8-11H2,1-2H3,(H2,20,25)(H,22,26)/t16-/m0/s1. The molecule has 0 bridgehead atoms. The third-order valence-electron chi connectivity index (χ3n) is 3.89. The van der Waals surface area contributed by atoms with Gasteiger partial charge in [0.2, 0.25) is 5.91 Å². The predicted octanol–water partition coefficient (Wildman–Crippen LogP) is 0.467. The summed E-state index contributed by atoms with van der Waals surface area (Å²) in [5.41, 5.74) is 6.48. The molecule has 4 N–H and O–H groups in total. The number of carbonyl (C=O) groups excluding carboxylic acids is 4. The molecule has 0 aliphatic carbocycles. The Balaban J connectivity index is 2.45. The Kier molecular flexibility index (Phi) is 10.4. The first kappa shape index (κ1) is 23.2. The first-order valence-electron chi connectivity index (χ1n) is 9.30. The molecular weight excluding hydrogens is 364 g/mol. The number of hydrogen-bond donors (Lipinski definition) is 3. The molecule has 0 aliphatic rings. The number of ether oxygens (including phenoxy) is 1. The van der Waals surface area contributed by atoms with Gasteiger partial charge in [0.05, 0.1) is 0 Å². The first-order valence-corrected chi connectivity index (χ1v) is 9.30. The van der Waals surface area contributed by atoms with E-state index in [1.165, 1.54) is 0 Å². The van der Waals surface area contributed by atoms with Gasteiger partial charge in [0.1, 0.15) is 11.7 Å². The van der Waals surface area contributed by atoms with Crippen LogP contribution in [0.15, 0.2) is 18.3 Å². The van der Waals surface area contributed by atoms with Crippen LogP contribution in [-0.4, -0.2) is 47.9 Å². The Morgan fingerprint density at radius 2 is 1.96 bits per heavy atom. The summed E-state index contributed by atoms with van der Waals surface area (Å²) in [6, 6.07) is 2.69. The van der Waals surface area contributed by atoms with Crippen LogP contribution in [-0.2, 0) is 25.5 Å². The van der Waals surface area contributed by atoms with Crippen molar-refractivity contribution in [1.29, 1.82) is 0 Å². The maximum atomic E-state index is 12.1. The van der Waals surface area contributed by atoms with Gasteiger partial charge in [-0.1, -0.05) is 19.4 Å². The van der Waals surface area contributed by atoms with Crippen molar-refractivity contribution in [1.82, 2.24) is 15.6 Å². The van der Waals surface area contributed by atoms with Crippen molar-refractivity contribution in [2.24, 2.45) is 5.73 Å². The maximum Gasteiger partial charge on any atom is 0.330 e. The molecule has 0 unspecified atom stereocenters. The van der Waals surface area contributed by atoms with Gasteiger partial charge in [-0.2, -0.15) is 0 Å². The second-order valence-electron chi connectivity index (χ2n) is 6.34. The van der Waals surface area contributed by atoms with E-state index in [1.807, 2.05) is 6.07 Å². The van der Waals surface area contributed by atoms with E-state index in [1.54, 1.807) is 12.3 Å². The highest BCUT2D eigenvalue weighted by atomic mass is 16.6. The van der Waals surface area contributed by atoms with Gasteiger partial charge >= 0.3 is 11.9 Å². The largest absolute Gasteiger partial charge is 0.392 e. The zero-order valence-electron chi connectivity index (χ0n) is 16.3. The lowest BCUT2D eigenvalue weighted by Crippen LogP contribution is -2.43. The van der Waals surface area contributed by atoms with Crippen molar-refractivity contribution in [2.45, 2.75) is 52.0 Å². The molecule has 0 saturated heterocycles. The average Bonchev–Trinajstić information content (AvgIpc) is 2.65. The quantitative estimate of drug-likeness (QED) is 0.267. The normalized spacial score (nSPS) is 11.5. The molecule has 0 radical (unpaired) electrons. The number of nitrogens with one attached hydrogen (secondary N) is 2. The molecule has 0 aliphatic heterocycles. The Morgan fingerprint density at radius 1 is 1.21 bits per heavy atom. The minimum Gasteiger partial charge on any atom is -0.392 e. The van der Waals surface area contributed by atoms with Gasteiger partial charge in [-0.15, -0.1) is 0 Å². The number of primary amides is 1. The van der Waals surface area contributed by atoms with Crippen molar-refractivity contribution >= 4 is 23.8 Å². The summed E-state index contributed by atoms with van der Waals surface area (Å²) in [5, 5.41) is 5.54. The summed E-state index contributed by atoms with van der Waals surface area (Å²) in [6.07, 6.45) is 4.85. The zero-order chi connectivity index (χ0) is 20.9. The number of rotatable bonds is 12. The van der Waals surface area contributed by atoms with Crippen molar-refractivity contribution in [3.8, 4) is 0 Å². The Bertz CT molecular complexity index is 675. The molecule has 9 heteroatoms. The maximum absolute atomic E-state index is 12.1. The summed E-state index contributed by atoms with van der Waals surface area (Å²) >= 11 is 0. The van der Waals surface area contributed by atoms with E-state index in [4.69, 9.17) is 5.73 Å². The Morgan fingerprint density at radius 3 is 2.54 bits per heavy atom. The van der Waals surface area contributed by atoms with Gasteiger partial charge < -0.3 is 21.1 Å². The highest BCUT2D eigenvalue weighted by Gasteiger charge is 2.21. The molecule has 1 aromatic rings. The van der Waals surface area contributed by atoms with Crippen LogP contribution in [0.2, 0.25) is 0 Å². The van der Waals surface area contributed by atoms with Crippen molar-refractivity contribution in [3.63, 3.8) is 0 Å². The van der Waals surface area contributed by atoms with Crippen LogP contribution >= 0.6 is 0 Å². The molecule has 154 valence electrons. The molecule has 1 heterocycles. The Labute approximate surface area is 164 Å². The number of nitrogens with zero attached hydrogens (tertiary/aromatic N) is 1. The highest BCUT2D eigenvalue weighted by molar-refractivity contribution is 5.92. The van der Waals surface area contributed by atoms with Gasteiger partial charge in [0.15, 0.2) is 0 Å². The van der Waals surface area contributed by atoms with Gasteiger partial charge in [0.25, 0.3) is 5.91 Å². The lowest BCUT2D eigenvalue weighted by molar-refractivity contribution is -0.159. The second kappa shape index (κ2) is 12.6. The van der Waals surface area contributed by atoms with Gasteiger partial charge in [0, 0.05) is 32.6 Å². The molecule has 0 spiro atoms. The van der Waals surface area contributed by atoms with Crippen molar-refractivity contribution < 1.29 is 23.9 Å². The fraction of sp³-hybridized carbons (Fsp3) is 0.526. The molecule has 2 amide bonds. The second-order valence-corrected chi connectivity index (χ2v) is 6.34. The smallest absolute Gasteiger partial charge is 0.330 e. The molecule has 0 fully saturated rings. The molecule has 1 aromatic heterocycles. The van der Waals surface area contributed by atoms with E-state index in [-0.39, 0.29) is 31.8 Å². The molecule has 1 rings (SSSR count). The number of amides is 2. The number of carbonyl (C=O) groups is 4. The molecule has 0 saturated carbocycles. The minimum absolute atomic E-state index is 0.0364. The number of nitrogens with two attached hydrogens (primary N) is 1. The van der Waals surface area contributed by atoms with Crippen LogP contribution in [0, 0.1) is 0 Å². The monoisotopic (exact) mass is 392 g/mol. The number of pyridine rings is 1. The van der Waals surface area contributed by atoms with E-state index in [9.17, 15) is 19.2 Å². The summed E-state index contributed by atoms with van der Waals surface area (Å²) in [4.78, 5) is 50.0. The number of aryl methyl sites for hydroxylation is 1. The number of hydrogen-bond acceptors (Lipinski definition) is 7. The summed E-state index contributed by atoms with van der Waals surface area (Å²) in [6.45, 7) is 3.68. The third kappa shape index (κ3) is 9.22. The molecular formula is C19H28N4O5. The van der Waals surface area contributed by atoms with E-state index < -0.39 is 23.9 Å². The van der Waals surface area contributed by atoms with E-state index in [0.717, 1.165) is 31.7 Å².